The van der Waals surface area contributed by atoms with Gasteiger partial charge >= 0.3 is 0 Å². The van der Waals surface area contributed by atoms with Gasteiger partial charge in [0.2, 0.25) is 0 Å². The van der Waals surface area contributed by atoms with E-state index in [0.29, 0.717) is 12.1 Å². The van der Waals surface area contributed by atoms with Crippen LogP contribution in [0.25, 0.3) is 0 Å². The molecular weight excluding hydrogens is 346 g/mol. The zero-order valence-electron chi connectivity index (χ0n) is 14.1. The van der Waals surface area contributed by atoms with Crippen molar-refractivity contribution in [3.8, 4) is 0 Å². The monoisotopic (exact) mass is 367 g/mol. The molecule has 2 rings (SSSR count). The minimum absolute atomic E-state index is 0.189. The Morgan fingerprint density at radius 3 is 2.21 bits per heavy atom. The van der Waals surface area contributed by atoms with E-state index in [0.717, 1.165) is 21.9 Å². The van der Waals surface area contributed by atoms with Gasteiger partial charge in [0.05, 0.1) is 6.54 Å². The van der Waals surface area contributed by atoms with Crippen LogP contribution in [0.3, 0.4) is 0 Å². The summed E-state index contributed by atoms with van der Waals surface area (Å²) in [6.07, 6.45) is 0. The highest BCUT2D eigenvalue weighted by Crippen LogP contribution is 2.23. The molecule has 130 valence electrons. The number of hydrogen-bond acceptors (Lipinski definition) is 5. The Morgan fingerprint density at radius 2 is 1.67 bits per heavy atom. The number of carbonyl (C=O) groups excluding carboxylic acids is 1. The van der Waals surface area contributed by atoms with Gasteiger partial charge in [-0.3, -0.25) is 4.79 Å². The number of amides is 1. The van der Waals surface area contributed by atoms with Crippen LogP contribution in [0.2, 0.25) is 0 Å². The van der Waals surface area contributed by atoms with Gasteiger partial charge in [0.25, 0.3) is 15.9 Å². The smallest absolute Gasteiger partial charge is 0.252 e. The summed E-state index contributed by atoms with van der Waals surface area (Å²) in [4.78, 5) is 14.9. The fourth-order valence-corrected chi connectivity index (χ4v) is 4.42. The third kappa shape index (κ3) is 4.14. The second kappa shape index (κ2) is 7.33. The Bertz CT molecular complexity index is 809. The molecule has 0 fully saturated rings. The molecule has 2 aromatic rings. The summed E-state index contributed by atoms with van der Waals surface area (Å²) in [7, 11) is 3.43. The van der Waals surface area contributed by atoms with Crippen molar-refractivity contribution in [2.45, 2.75) is 10.8 Å². The average molecular weight is 367 g/mol. The van der Waals surface area contributed by atoms with Gasteiger partial charge in [-0.05, 0) is 36.4 Å². The highest BCUT2D eigenvalue weighted by Gasteiger charge is 2.19. The largest absolute Gasteiger partial charge is 0.378 e. The minimum Gasteiger partial charge on any atom is -0.378 e. The van der Waals surface area contributed by atoms with Crippen molar-refractivity contribution in [2.75, 3.05) is 33.1 Å². The normalized spacial score (nSPS) is 11.5. The summed E-state index contributed by atoms with van der Waals surface area (Å²) in [5, 5.41) is 2.81. The number of carbonyl (C=O) groups is 1. The molecule has 1 aromatic carbocycles. The van der Waals surface area contributed by atoms with E-state index in [1.165, 1.54) is 18.4 Å². The predicted octanol–water partition coefficient (Wildman–Crippen LogP) is 1.99. The van der Waals surface area contributed by atoms with Crippen LogP contribution in [0, 0.1) is 0 Å². The molecule has 1 aromatic heterocycles. The van der Waals surface area contributed by atoms with E-state index < -0.39 is 10.0 Å². The zero-order chi connectivity index (χ0) is 17.9. The average Bonchev–Trinajstić information content (AvgIpc) is 3.02. The number of nitrogens with one attached hydrogen (secondary N) is 1. The Labute approximate surface area is 146 Å². The highest BCUT2D eigenvalue weighted by atomic mass is 32.2. The van der Waals surface area contributed by atoms with Crippen molar-refractivity contribution in [3.05, 3.63) is 46.8 Å². The molecule has 0 unspecified atom stereocenters. The van der Waals surface area contributed by atoms with E-state index >= 15 is 0 Å². The molecule has 0 aliphatic heterocycles. The molecule has 0 aliphatic rings. The van der Waals surface area contributed by atoms with E-state index in [2.05, 4.69) is 5.32 Å². The van der Waals surface area contributed by atoms with E-state index in [-0.39, 0.29) is 10.1 Å². The van der Waals surface area contributed by atoms with Gasteiger partial charge in [-0.25, -0.2) is 12.7 Å². The van der Waals surface area contributed by atoms with Gasteiger partial charge in [-0.15, -0.1) is 11.3 Å². The number of thiophene rings is 1. The molecule has 1 N–H and O–H groups in total. The molecule has 0 saturated carbocycles. The zero-order valence-corrected chi connectivity index (χ0v) is 15.7. The minimum atomic E-state index is -3.43. The Balaban J connectivity index is 2.01. The molecule has 0 spiro atoms. The van der Waals surface area contributed by atoms with Crippen molar-refractivity contribution in [1.29, 1.82) is 0 Å². The van der Waals surface area contributed by atoms with E-state index in [1.54, 1.807) is 24.3 Å². The quantitative estimate of drug-likeness (QED) is 0.848. The summed E-state index contributed by atoms with van der Waals surface area (Å²) in [6, 6.07) is 10.6. The molecule has 0 aliphatic carbocycles. The number of hydrogen-bond donors (Lipinski definition) is 1. The van der Waals surface area contributed by atoms with Crippen LogP contribution in [0.5, 0.6) is 0 Å². The van der Waals surface area contributed by atoms with Crippen molar-refractivity contribution < 1.29 is 13.2 Å². The first kappa shape index (κ1) is 18.4. The summed E-state index contributed by atoms with van der Waals surface area (Å²) in [5.41, 5.74) is 1.58. The molecule has 24 heavy (non-hydrogen) atoms. The second-order valence-electron chi connectivity index (χ2n) is 5.63. The van der Waals surface area contributed by atoms with Crippen molar-refractivity contribution in [3.63, 3.8) is 0 Å². The lowest BCUT2D eigenvalue weighted by atomic mass is 10.2. The molecule has 0 radical (unpaired) electrons. The third-order valence-corrected chi connectivity index (χ3v) is 6.81. The van der Waals surface area contributed by atoms with E-state index in [9.17, 15) is 13.2 Å². The Kier molecular flexibility index (Phi) is 5.63. The third-order valence-electron chi connectivity index (χ3n) is 3.44. The standard InChI is InChI=1S/C16H21N3O3S2/c1-18(2)13-7-5-12(6-8-13)16(20)17-11-14-9-10-15(23-14)24(21,22)19(3)4/h5-10H,11H2,1-4H3,(H,17,20). The van der Waals surface area contributed by atoms with Crippen LogP contribution in [0.4, 0.5) is 5.69 Å². The maximum Gasteiger partial charge on any atom is 0.252 e. The number of sulfonamides is 1. The summed E-state index contributed by atoms with van der Waals surface area (Å²) >= 11 is 1.16. The van der Waals surface area contributed by atoms with Gasteiger partial charge in [-0.1, -0.05) is 0 Å². The molecule has 1 amide bonds. The highest BCUT2D eigenvalue weighted by molar-refractivity contribution is 7.91. The van der Waals surface area contributed by atoms with Crippen LogP contribution in [0.1, 0.15) is 15.2 Å². The van der Waals surface area contributed by atoms with E-state index in [4.69, 9.17) is 0 Å². The summed E-state index contributed by atoms with van der Waals surface area (Å²) in [5.74, 6) is -0.189. The molecule has 8 heteroatoms. The van der Waals surface area contributed by atoms with Crippen LogP contribution < -0.4 is 10.2 Å². The van der Waals surface area contributed by atoms with Crippen molar-refractivity contribution >= 4 is 33.0 Å². The Morgan fingerprint density at radius 1 is 1.04 bits per heavy atom. The summed E-state index contributed by atoms with van der Waals surface area (Å²) in [6.45, 7) is 0.294. The number of anilines is 1. The number of nitrogens with zero attached hydrogens (tertiary/aromatic N) is 2. The maximum absolute atomic E-state index is 12.2. The van der Waals surface area contributed by atoms with Gasteiger partial charge in [0, 0.05) is 44.3 Å². The SMILES string of the molecule is CN(C)c1ccc(C(=O)NCc2ccc(S(=O)(=O)N(C)C)s2)cc1. The molecule has 6 nitrogen and oxygen atoms in total. The first-order valence-corrected chi connectivity index (χ1v) is 9.54. The van der Waals surface area contributed by atoms with Gasteiger partial charge in [-0.2, -0.15) is 0 Å². The molecule has 0 bridgehead atoms. The van der Waals surface area contributed by atoms with E-state index in [1.807, 2.05) is 31.1 Å². The second-order valence-corrected chi connectivity index (χ2v) is 9.18. The van der Waals surface area contributed by atoms with Crippen LogP contribution in [0.15, 0.2) is 40.6 Å². The number of rotatable bonds is 6. The lowest BCUT2D eigenvalue weighted by molar-refractivity contribution is 0.0951. The molecule has 1 heterocycles. The van der Waals surface area contributed by atoms with Crippen LogP contribution >= 0.6 is 11.3 Å². The molecule has 0 atom stereocenters. The van der Waals surface area contributed by atoms with Gasteiger partial charge in [0.15, 0.2) is 0 Å². The first-order chi connectivity index (χ1) is 11.2. The molecule has 0 saturated heterocycles. The fourth-order valence-electron chi connectivity index (χ4n) is 1.95. The predicted molar refractivity (Wildman–Crippen MR) is 97.1 cm³/mol. The number of benzene rings is 1. The summed E-state index contributed by atoms with van der Waals surface area (Å²) < 4.78 is 25.5. The van der Waals surface area contributed by atoms with Crippen molar-refractivity contribution in [1.82, 2.24) is 9.62 Å². The van der Waals surface area contributed by atoms with Gasteiger partial charge in [0.1, 0.15) is 4.21 Å². The van der Waals surface area contributed by atoms with Crippen LogP contribution in [-0.2, 0) is 16.6 Å². The first-order valence-electron chi connectivity index (χ1n) is 7.28. The fraction of sp³-hybridized carbons (Fsp3) is 0.312. The van der Waals surface area contributed by atoms with Gasteiger partial charge < -0.3 is 10.2 Å². The molecular formula is C16H21N3O3S2. The Hall–Kier alpha value is -1.90. The lowest BCUT2D eigenvalue weighted by Crippen LogP contribution is -2.22. The van der Waals surface area contributed by atoms with Crippen molar-refractivity contribution in [2.24, 2.45) is 0 Å². The lowest BCUT2D eigenvalue weighted by Gasteiger charge is -2.12. The maximum atomic E-state index is 12.2. The van der Waals surface area contributed by atoms with Crippen LogP contribution in [-0.4, -0.2) is 46.8 Å². The topological polar surface area (TPSA) is 69.7 Å².